The second-order valence-electron chi connectivity index (χ2n) is 7.09. The third-order valence-corrected chi connectivity index (χ3v) is 4.81. The van der Waals surface area contributed by atoms with Crippen LogP contribution in [0.2, 0.25) is 0 Å². The van der Waals surface area contributed by atoms with Gasteiger partial charge < -0.3 is 20.4 Å². The highest BCUT2D eigenvalue weighted by Gasteiger charge is 2.12. The summed E-state index contributed by atoms with van der Waals surface area (Å²) in [6.07, 6.45) is 6.68. The molecule has 0 unspecified atom stereocenters. The van der Waals surface area contributed by atoms with E-state index in [-0.39, 0.29) is 6.03 Å². The van der Waals surface area contributed by atoms with Crippen molar-refractivity contribution in [1.82, 2.24) is 20.1 Å². The number of urea groups is 1. The molecule has 2 amide bonds. The van der Waals surface area contributed by atoms with Crippen LogP contribution in [0.15, 0.2) is 48.7 Å². The van der Waals surface area contributed by atoms with Crippen molar-refractivity contribution < 1.29 is 4.79 Å². The Morgan fingerprint density at radius 3 is 2.75 bits per heavy atom. The SMILES string of the molecule is CN1CCN(CCCNC(=O)Nc2cccc(/C=C/c3ccccn3)c2)CC1. The molecule has 28 heavy (non-hydrogen) atoms. The van der Waals surface area contributed by atoms with Crippen molar-refractivity contribution >= 4 is 23.9 Å². The molecule has 0 atom stereocenters. The zero-order valence-corrected chi connectivity index (χ0v) is 16.5. The molecule has 2 N–H and O–H groups in total. The Bertz CT molecular complexity index is 770. The normalized spacial score (nSPS) is 15.6. The third-order valence-electron chi connectivity index (χ3n) is 4.81. The van der Waals surface area contributed by atoms with Crippen LogP contribution < -0.4 is 10.6 Å². The molecular weight excluding hydrogens is 350 g/mol. The van der Waals surface area contributed by atoms with Gasteiger partial charge >= 0.3 is 6.03 Å². The second kappa shape index (κ2) is 10.6. The summed E-state index contributed by atoms with van der Waals surface area (Å²) in [4.78, 5) is 21.2. The molecule has 6 nitrogen and oxygen atoms in total. The number of anilines is 1. The van der Waals surface area contributed by atoms with E-state index < -0.39 is 0 Å². The number of likely N-dealkylation sites (N-methyl/N-ethyl adjacent to an activating group) is 1. The van der Waals surface area contributed by atoms with Gasteiger partial charge in [0.2, 0.25) is 0 Å². The van der Waals surface area contributed by atoms with Crippen molar-refractivity contribution in [2.75, 3.05) is 51.6 Å². The first-order chi connectivity index (χ1) is 13.7. The molecule has 1 aromatic carbocycles. The lowest BCUT2D eigenvalue weighted by atomic mass is 10.1. The van der Waals surface area contributed by atoms with Gasteiger partial charge in [-0.15, -0.1) is 0 Å². The van der Waals surface area contributed by atoms with E-state index in [0.29, 0.717) is 6.54 Å². The summed E-state index contributed by atoms with van der Waals surface area (Å²) in [6, 6.07) is 13.4. The second-order valence-corrected chi connectivity index (χ2v) is 7.09. The average Bonchev–Trinajstić information content (AvgIpc) is 2.72. The number of carbonyl (C=O) groups excluding carboxylic acids is 1. The summed E-state index contributed by atoms with van der Waals surface area (Å²) in [5.74, 6) is 0. The monoisotopic (exact) mass is 379 g/mol. The number of aromatic nitrogens is 1. The topological polar surface area (TPSA) is 60.5 Å². The molecule has 1 fully saturated rings. The maximum atomic E-state index is 12.1. The van der Waals surface area contributed by atoms with Crippen LogP contribution in [0.3, 0.4) is 0 Å². The van der Waals surface area contributed by atoms with Gasteiger partial charge in [0.05, 0.1) is 5.69 Å². The van der Waals surface area contributed by atoms with E-state index in [1.165, 1.54) is 0 Å². The van der Waals surface area contributed by atoms with Crippen LogP contribution in [0.25, 0.3) is 12.2 Å². The van der Waals surface area contributed by atoms with Crippen molar-refractivity contribution in [3.63, 3.8) is 0 Å². The largest absolute Gasteiger partial charge is 0.338 e. The van der Waals surface area contributed by atoms with Crippen LogP contribution in [-0.2, 0) is 0 Å². The number of amides is 2. The quantitative estimate of drug-likeness (QED) is 0.726. The van der Waals surface area contributed by atoms with Crippen LogP contribution in [-0.4, -0.2) is 67.1 Å². The lowest BCUT2D eigenvalue weighted by Crippen LogP contribution is -2.45. The van der Waals surface area contributed by atoms with Gasteiger partial charge in [0.1, 0.15) is 0 Å². The lowest BCUT2D eigenvalue weighted by molar-refractivity contribution is 0.153. The predicted molar refractivity (Wildman–Crippen MR) is 115 cm³/mol. The van der Waals surface area contributed by atoms with E-state index in [2.05, 4.69) is 32.5 Å². The number of hydrogen-bond acceptors (Lipinski definition) is 4. The van der Waals surface area contributed by atoms with Gasteiger partial charge in [0.15, 0.2) is 0 Å². The highest BCUT2D eigenvalue weighted by molar-refractivity contribution is 5.89. The third kappa shape index (κ3) is 6.79. The standard InChI is InChI=1S/C22H29N5O/c1-26-14-16-27(17-15-26)13-5-12-24-22(28)25-21-8-4-6-19(18-21)9-10-20-7-2-3-11-23-20/h2-4,6-11,18H,5,12-17H2,1H3,(H2,24,25,28)/b10-9+. The minimum Gasteiger partial charge on any atom is -0.338 e. The summed E-state index contributed by atoms with van der Waals surface area (Å²) < 4.78 is 0. The molecule has 2 aromatic rings. The first kappa shape index (κ1) is 20.0. The number of benzene rings is 1. The lowest BCUT2D eigenvalue weighted by Gasteiger charge is -2.32. The Morgan fingerprint density at radius 1 is 1.11 bits per heavy atom. The summed E-state index contributed by atoms with van der Waals surface area (Å²) in [5, 5.41) is 5.85. The number of rotatable bonds is 7. The molecule has 0 spiro atoms. The number of nitrogens with zero attached hydrogens (tertiary/aromatic N) is 3. The van der Waals surface area contributed by atoms with Gasteiger partial charge in [-0.05, 0) is 55.9 Å². The summed E-state index contributed by atoms with van der Waals surface area (Å²) >= 11 is 0. The number of pyridine rings is 1. The van der Waals surface area contributed by atoms with Crippen LogP contribution >= 0.6 is 0 Å². The minimum atomic E-state index is -0.163. The first-order valence-electron chi connectivity index (χ1n) is 9.84. The van der Waals surface area contributed by atoms with E-state index in [9.17, 15) is 4.79 Å². The first-order valence-corrected chi connectivity index (χ1v) is 9.84. The Kier molecular flexibility index (Phi) is 7.58. The fourth-order valence-electron chi connectivity index (χ4n) is 3.13. The molecule has 1 aliphatic heterocycles. The molecule has 0 bridgehead atoms. The van der Waals surface area contributed by atoms with Crippen molar-refractivity contribution in [1.29, 1.82) is 0 Å². The number of piperazine rings is 1. The molecule has 1 aromatic heterocycles. The molecule has 0 saturated carbocycles. The zero-order valence-electron chi connectivity index (χ0n) is 16.5. The highest BCUT2D eigenvalue weighted by Crippen LogP contribution is 2.13. The predicted octanol–water partition coefficient (Wildman–Crippen LogP) is 3.01. The molecule has 3 rings (SSSR count). The molecule has 1 saturated heterocycles. The smallest absolute Gasteiger partial charge is 0.319 e. The van der Waals surface area contributed by atoms with Gasteiger partial charge in [0.25, 0.3) is 0 Å². The van der Waals surface area contributed by atoms with Crippen molar-refractivity contribution in [2.45, 2.75) is 6.42 Å². The van der Waals surface area contributed by atoms with Crippen LogP contribution in [0.1, 0.15) is 17.7 Å². The fraction of sp³-hybridized carbons (Fsp3) is 0.364. The number of hydrogen-bond donors (Lipinski definition) is 2. The number of carbonyl (C=O) groups is 1. The maximum Gasteiger partial charge on any atom is 0.319 e. The molecule has 6 heteroatoms. The van der Waals surface area contributed by atoms with E-state index in [1.54, 1.807) is 6.20 Å². The van der Waals surface area contributed by atoms with Crippen molar-refractivity contribution in [3.05, 3.63) is 59.9 Å². The average molecular weight is 380 g/mol. The van der Waals surface area contributed by atoms with Crippen LogP contribution in [0.5, 0.6) is 0 Å². The van der Waals surface area contributed by atoms with Gasteiger partial charge in [-0.1, -0.05) is 24.3 Å². The highest BCUT2D eigenvalue weighted by atomic mass is 16.2. The van der Waals surface area contributed by atoms with E-state index in [4.69, 9.17) is 0 Å². The summed E-state index contributed by atoms with van der Waals surface area (Å²) in [5.41, 5.74) is 2.69. The van der Waals surface area contributed by atoms with Gasteiger partial charge in [-0.25, -0.2) is 4.79 Å². The van der Waals surface area contributed by atoms with Gasteiger partial charge in [0, 0.05) is 44.6 Å². The maximum absolute atomic E-state index is 12.1. The molecule has 2 heterocycles. The van der Waals surface area contributed by atoms with Crippen molar-refractivity contribution in [2.24, 2.45) is 0 Å². The summed E-state index contributed by atoms with van der Waals surface area (Å²) in [7, 11) is 2.16. The van der Waals surface area contributed by atoms with Crippen LogP contribution in [0.4, 0.5) is 10.5 Å². The van der Waals surface area contributed by atoms with Crippen molar-refractivity contribution in [3.8, 4) is 0 Å². The number of nitrogens with one attached hydrogen (secondary N) is 2. The molecule has 148 valence electrons. The van der Waals surface area contributed by atoms with Crippen LogP contribution in [0, 0.1) is 0 Å². The van der Waals surface area contributed by atoms with Gasteiger partial charge in [-0.3, -0.25) is 4.98 Å². The Balaban J connectivity index is 1.40. The molecular formula is C22H29N5O. The Morgan fingerprint density at radius 2 is 1.96 bits per heavy atom. The summed E-state index contributed by atoms with van der Waals surface area (Å²) in [6.45, 7) is 6.18. The Hall–Kier alpha value is -2.70. The van der Waals surface area contributed by atoms with E-state index in [1.807, 2.05) is 54.6 Å². The molecule has 0 radical (unpaired) electrons. The molecule has 0 aliphatic carbocycles. The van der Waals surface area contributed by atoms with Gasteiger partial charge in [-0.2, -0.15) is 0 Å². The van der Waals surface area contributed by atoms with E-state index in [0.717, 1.165) is 56.1 Å². The zero-order chi connectivity index (χ0) is 19.6. The fourth-order valence-corrected chi connectivity index (χ4v) is 3.13. The molecule has 1 aliphatic rings. The van der Waals surface area contributed by atoms with E-state index >= 15 is 0 Å². The minimum absolute atomic E-state index is 0.163. The Labute approximate surface area is 167 Å².